The van der Waals surface area contributed by atoms with Crippen molar-refractivity contribution in [3.63, 3.8) is 0 Å². The van der Waals surface area contributed by atoms with Crippen LogP contribution in [0.1, 0.15) is 47.0 Å². The van der Waals surface area contributed by atoms with Crippen LogP contribution in [0.25, 0.3) is 0 Å². The molecule has 0 aliphatic carbocycles. The molecule has 1 atom stereocenters. The van der Waals surface area contributed by atoms with E-state index in [-0.39, 0.29) is 17.7 Å². The fourth-order valence-electron chi connectivity index (χ4n) is 1.87. The van der Waals surface area contributed by atoms with E-state index < -0.39 is 5.60 Å². The molecule has 0 saturated carbocycles. The molecule has 0 rings (SSSR count). The molecule has 2 N–H and O–H groups in total. The van der Waals surface area contributed by atoms with E-state index >= 15 is 0 Å². The Morgan fingerprint density at radius 3 is 2.19 bits per heavy atom. The molecule has 0 aliphatic rings. The van der Waals surface area contributed by atoms with E-state index in [1.54, 1.807) is 6.92 Å². The third-order valence-electron chi connectivity index (χ3n) is 2.75. The summed E-state index contributed by atoms with van der Waals surface area (Å²) in [6.45, 7) is 7.24. The van der Waals surface area contributed by atoms with Crippen molar-refractivity contribution in [2.75, 3.05) is 6.54 Å². The summed E-state index contributed by atoms with van der Waals surface area (Å²) in [5.41, 5.74) is 4.98. The van der Waals surface area contributed by atoms with Crippen LogP contribution in [0.3, 0.4) is 0 Å². The molecule has 0 saturated heterocycles. The molecule has 4 nitrogen and oxygen atoms in total. The molecular formula is C12H23NO3. The molecular weight excluding hydrogens is 206 g/mol. The predicted octanol–water partition coefficient (Wildman–Crippen LogP) is 1.66. The SMILES string of the molecule is CC(=O)CCC(CCN)C(C)(C)OC(C)=O. The van der Waals surface area contributed by atoms with Gasteiger partial charge in [-0.3, -0.25) is 4.79 Å². The summed E-state index contributed by atoms with van der Waals surface area (Å²) >= 11 is 0. The molecule has 0 fully saturated rings. The smallest absolute Gasteiger partial charge is 0.303 e. The minimum atomic E-state index is -0.555. The second-order valence-corrected chi connectivity index (χ2v) is 4.71. The summed E-state index contributed by atoms with van der Waals surface area (Å²) in [5, 5.41) is 0. The minimum absolute atomic E-state index is 0.130. The zero-order valence-corrected chi connectivity index (χ0v) is 10.7. The van der Waals surface area contributed by atoms with Gasteiger partial charge < -0.3 is 15.3 Å². The molecule has 4 heteroatoms. The van der Waals surface area contributed by atoms with Crippen LogP contribution in [0.4, 0.5) is 0 Å². The maximum absolute atomic E-state index is 11.0. The van der Waals surface area contributed by atoms with E-state index in [2.05, 4.69) is 0 Å². The van der Waals surface area contributed by atoms with Gasteiger partial charge in [0.05, 0.1) is 0 Å². The highest BCUT2D eigenvalue weighted by Gasteiger charge is 2.31. The van der Waals surface area contributed by atoms with Gasteiger partial charge in [0.25, 0.3) is 0 Å². The summed E-state index contributed by atoms with van der Waals surface area (Å²) in [6.07, 6.45) is 1.98. The van der Waals surface area contributed by atoms with Crippen LogP contribution < -0.4 is 5.73 Å². The summed E-state index contributed by atoms with van der Waals surface area (Å²) < 4.78 is 5.28. The van der Waals surface area contributed by atoms with Gasteiger partial charge in [0.1, 0.15) is 11.4 Å². The van der Waals surface area contributed by atoms with Gasteiger partial charge in [-0.05, 0) is 46.1 Å². The van der Waals surface area contributed by atoms with Crippen LogP contribution in [-0.2, 0) is 14.3 Å². The fourth-order valence-corrected chi connectivity index (χ4v) is 1.87. The van der Waals surface area contributed by atoms with E-state index in [1.165, 1.54) is 6.92 Å². The topological polar surface area (TPSA) is 69.4 Å². The lowest BCUT2D eigenvalue weighted by Crippen LogP contribution is -2.37. The number of esters is 1. The first-order valence-electron chi connectivity index (χ1n) is 5.68. The Balaban J connectivity index is 4.47. The van der Waals surface area contributed by atoms with Gasteiger partial charge in [0, 0.05) is 13.3 Å². The molecule has 0 radical (unpaired) electrons. The van der Waals surface area contributed by atoms with Crippen molar-refractivity contribution in [2.24, 2.45) is 11.7 Å². The van der Waals surface area contributed by atoms with Gasteiger partial charge in [0.15, 0.2) is 0 Å². The van der Waals surface area contributed by atoms with Crippen LogP contribution >= 0.6 is 0 Å². The summed E-state index contributed by atoms with van der Waals surface area (Å²) in [6, 6.07) is 0. The standard InChI is InChI=1S/C12H23NO3/c1-9(14)5-6-11(7-8-13)12(3,4)16-10(2)15/h11H,5-8,13H2,1-4H3. The molecule has 0 aromatic carbocycles. The van der Waals surface area contributed by atoms with Crippen molar-refractivity contribution in [3.05, 3.63) is 0 Å². The normalized spacial score (nSPS) is 13.3. The maximum Gasteiger partial charge on any atom is 0.303 e. The van der Waals surface area contributed by atoms with Crippen molar-refractivity contribution < 1.29 is 14.3 Å². The minimum Gasteiger partial charge on any atom is -0.460 e. The number of hydrogen-bond donors (Lipinski definition) is 1. The number of carbonyl (C=O) groups is 2. The number of ether oxygens (including phenoxy) is 1. The van der Waals surface area contributed by atoms with Crippen molar-refractivity contribution in [3.8, 4) is 0 Å². The van der Waals surface area contributed by atoms with Crippen LogP contribution in [0, 0.1) is 5.92 Å². The van der Waals surface area contributed by atoms with Crippen LogP contribution in [0.15, 0.2) is 0 Å². The van der Waals surface area contributed by atoms with Crippen molar-refractivity contribution in [1.29, 1.82) is 0 Å². The van der Waals surface area contributed by atoms with Gasteiger partial charge in [-0.25, -0.2) is 0 Å². The zero-order valence-electron chi connectivity index (χ0n) is 10.7. The number of carbonyl (C=O) groups excluding carboxylic acids is 2. The van der Waals surface area contributed by atoms with E-state index in [9.17, 15) is 9.59 Å². The van der Waals surface area contributed by atoms with E-state index in [4.69, 9.17) is 10.5 Å². The van der Waals surface area contributed by atoms with Gasteiger partial charge in [-0.2, -0.15) is 0 Å². The molecule has 0 amide bonds. The van der Waals surface area contributed by atoms with Crippen LogP contribution in [0.5, 0.6) is 0 Å². The van der Waals surface area contributed by atoms with E-state index in [1.807, 2.05) is 13.8 Å². The predicted molar refractivity (Wildman–Crippen MR) is 62.9 cm³/mol. The summed E-state index contributed by atoms with van der Waals surface area (Å²) in [5.74, 6) is -0.0132. The fraction of sp³-hybridized carbons (Fsp3) is 0.833. The quantitative estimate of drug-likeness (QED) is 0.674. The number of nitrogens with two attached hydrogens (primary N) is 1. The lowest BCUT2D eigenvalue weighted by atomic mass is 9.83. The third kappa shape index (κ3) is 5.85. The molecule has 0 heterocycles. The first-order valence-corrected chi connectivity index (χ1v) is 5.68. The van der Waals surface area contributed by atoms with E-state index in [0.717, 1.165) is 6.42 Å². The molecule has 0 bridgehead atoms. The van der Waals surface area contributed by atoms with Gasteiger partial charge in [-0.1, -0.05) is 0 Å². The Morgan fingerprint density at radius 1 is 1.25 bits per heavy atom. The zero-order chi connectivity index (χ0) is 12.8. The summed E-state index contributed by atoms with van der Waals surface area (Å²) in [7, 11) is 0. The Kier molecular flexibility index (Phi) is 6.26. The molecule has 0 aromatic rings. The average Bonchev–Trinajstić information content (AvgIpc) is 2.09. The highest BCUT2D eigenvalue weighted by atomic mass is 16.6. The largest absolute Gasteiger partial charge is 0.460 e. The molecule has 16 heavy (non-hydrogen) atoms. The van der Waals surface area contributed by atoms with Crippen molar-refractivity contribution in [1.82, 2.24) is 0 Å². The van der Waals surface area contributed by atoms with Gasteiger partial charge >= 0.3 is 5.97 Å². The first-order chi connectivity index (χ1) is 7.29. The molecule has 0 spiro atoms. The lowest BCUT2D eigenvalue weighted by molar-refractivity contribution is -0.159. The highest BCUT2D eigenvalue weighted by Crippen LogP contribution is 2.28. The maximum atomic E-state index is 11.0. The van der Waals surface area contributed by atoms with Gasteiger partial charge in [-0.15, -0.1) is 0 Å². The molecule has 94 valence electrons. The second-order valence-electron chi connectivity index (χ2n) is 4.71. The highest BCUT2D eigenvalue weighted by molar-refractivity contribution is 5.75. The molecule has 0 aliphatic heterocycles. The van der Waals surface area contributed by atoms with Crippen LogP contribution in [0.2, 0.25) is 0 Å². The van der Waals surface area contributed by atoms with Crippen molar-refractivity contribution in [2.45, 2.75) is 52.6 Å². The Bertz CT molecular complexity index is 249. The third-order valence-corrected chi connectivity index (χ3v) is 2.75. The lowest BCUT2D eigenvalue weighted by Gasteiger charge is -2.33. The number of ketones is 1. The first kappa shape index (κ1) is 15.1. The Labute approximate surface area is 97.5 Å². The summed E-state index contributed by atoms with van der Waals surface area (Å²) in [4.78, 5) is 21.9. The van der Waals surface area contributed by atoms with Crippen molar-refractivity contribution >= 4 is 11.8 Å². The average molecular weight is 229 g/mol. The monoisotopic (exact) mass is 229 g/mol. The molecule has 1 unspecified atom stereocenters. The number of Topliss-reactive ketones (excluding diaryl/α,β-unsaturated/α-hetero) is 1. The Morgan fingerprint density at radius 2 is 1.81 bits per heavy atom. The van der Waals surface area contributed by atoms with E-state index in [0.29, 0.717) is 19.4 Å². The second kappa shape index (κ2) is 6.63. The molecule has 0 aromatic heterocycles. The van der Waals surface area contributed by atoms with Crippen LogP contribution in [-0.4, -0.2) is 23.9 Å². The number of hydrogen-bond acceptors (Lipinski definition) is 4. The Hall–Kier alpha value is -0.900. The number of rotatable bonds is 7. The van der Waals surface area contributed by atoms with Gasteiger partial charge in [0.2, 0.25) is 0 Å².